The average Bonchev–Trinajstić information content (AvgIpc) is 4.40. The van der Waals surface area contributed by atoms with E-state index in [4.69, 9.17) is 30.5 Å². The summed E-state index contributed by atoms with van der Waals surface area (Å²) in [6.45, 7) is 8.20. The molecule has 7 aromatic carbocycles. The van der Waals surface area contributed by atoms with Crippen LogP contribution in [0, 0.1) is 25.5 Å². The molecular formula is C69H71ClF2IO9-. The maximum absolute atomic E-state index is 15.0. The molecule has 2 spiro atoms. The van der Waals surface area contributed by atoms with Crippen molar-refractivity contribution in [3.8, 4) is 28.7 Å². The highest BCUT2D eigenvalue weighted by Crippen LogP contribution is 2.59. The Hall–Kier alpha value is -6.61. The van der Waals surface area contributed by atoms with E-state index in [2.05, 4.69) is 19.1 Å². The maximum atomic E-state index is 15.0. The molecule has 0 aromatic heterocycles. The van der Waals surface area contributed by atoms with Crippen molar-refractivity contribution < 1.29 is 76.3 Å². The number of rotatable bonds is 13. The Morgan fingerprint density at radius 1 is 0.537 bits per heavy atom. The zero-order chi connectivity index (χ0) is 57.1. The van der Waals surface area contributed by atoms with Gasteiger partial charge in [0.05, 0.1) is 17.7 Å². The highest BCUT2D eigenvalue weighted by molar-refractivity contribution is 6.67. The molecule has 1 heterocycles. The minimum absolute atomic E-state index is 0. The predicted molar refractivity (Wildman–Crippen MR) is 312 cm³/mol. The zero-order valence-electron chi connectivity index (χ0n) is 46.9. The lowest BCUT2D eigenvalue weighted by atomic mass is 9.76. The molecule has 2 N–H and O–H groups in total. The Labute approximate surface area is 502 Å². The van der Waals surface area contributed by atoms with E-state index in [1.807, 2.05) is 55.5 Å². The highest BCUT2D eigenvalue weighted by Gasteiger charge is 2.50. The molecule has 4 aliphatic carbocycles. The molecule has 9 nitrogen and oxygen atoms in total. The van der Waals surface area contributed by atoms with Crippen LogP contribution in [0.1, 0.15) is 171 Å². The van der Waals surface area contributed by atoms with Gasteiger partial charge >= 0.3 is 11.9 Å². The zero-order valence-corrected chi connectivity index (χ0v) is 49.8. The normalized spacial score (nSPS) is 16.2. The number of esters is 2. The van der Waals surface area contributed by atoms with Crippen LogP contribution in [-0.4, -0.2) is 47.2 Å². The van der Waals surface area contributed by atoms with Crippen LogP contribution in [0.2, 0.25) is 0 Å². The van der Waals surface area contributed by atoms with Crippen molar-refractivity contribution in [2.75, 3.05) is 19.8 Å². The first-order valence-corrected chi connectivity index (χ1v) is 29.0. The topological polar surface area (TPSA) is 129 Å². The van der Waals surface area contributed by atoms with Crippen molar-refractivity contribution in [1.82, 2.24) is 0 Å². The Balaban J connectivity index is 0.000000202. The third kappa shape index (κ3) is 13.7. The summed E-state index contributed by atoms with van der Waals surface area (Å²) < 4.78 is 51.8. The van der Waals surface area contributed by atoms with Crippen LogP contribution >= 0.6 is 11.6 Å². The molecule has 0 amide bonds. The minimum atomic E-state index is -0.666. The highest BCUT2D eigenvalue weighted by atomic mass is 127. The number of fused-ring (bicyclic) bond motifs is 8. The van der Waals surface area contributed by atoms with E-state index in [-0.39, 0.29) is 46.3 Å². The molecule has 1 fully saturated rings. The largest absolute Gasteiger partial charge is 1.00 e. The first-order valence-electron chi connectivity index (χ1n) is 28.6. The van der Waals surface area contributed by atoms with Crippen LogP contribution in [0.25, 0.3) is 0 Å². The maximum Gasteiger partial charge on any atom is 0.343 e. The van der Waals surface area contributed by atoms with Gasteiger partial charge in [0.25, 0.3) is 5.24 Å². The van der Waals surface area contributed by atoms with Gasteiger partial charge in [-0.15, -0.1) is 0 Å². The number of carbonyl (C=O) groups excluding carboxylic acids is 3. The van der Waals surface area contributed by atoms with Crippen molar-refractivity contribution in [3.05, 3.63) is 217 Å². The van der Waals surface area contributed by atoms with Gasteiger partial charge in [0.15, 0.2) is 11.6 Å². The SMILES string of the molecule is C1CCOC1.CCCCCCCCOc1ccc(C(=O)Oc2cccc3c2[C@]2(CCc4cccc(OC(=O)c5ccc(C)c(F)c5)c42)CC3)cc1F.Cc1ccc(C(=O)Cl)cc1.Oc1cccc2c1C1(CC2)CCc2cccc(O)c21.[I-]. The van der Waals surface area contributed by atoms with Gasteiger partial charge in [0, 0.05) is 51.9 Å². The average molecular weight is 1240 g/mol. The first-order chi connectivity index (χ1) is 39.2. The van der Waals surface area contributed by atoms with E-state index in [9.17, 15) is 33.4 Å². The van der Waals surface area contributed by atoms with E-state index < -0.39 is 34.2 Å². The predicted octanol–water partition coefficient (Wildman–Crippen LogP) is 13.1. The summed E-state index contributed by atoms with van der Waals surface area (Å²) in [7, 11) is 0. The minimum Gasteiger partial charge on any atom is -1.00 e. The molecule has 1 saturated heterocycles. The second-order valence-electron chi connectivity index (χ2n) is 21.8. The molecule has 82 heavy (non-hydrogen) atoms. The van der Waals surface area contributed by atoms with Gasteiger partial charge in [-0.2, -0.15) is 0 Å². The van der Waals surface area contributed by atoms with Crippen molar-refractivity contribution in [1.29, 1.82) is 0 Å². The summed E-state index contributed by atoms with van der Waals surface area (Å²) in [6, 6.07) is 38.5. The number of halogens is 4. The first kappa shape index (κ1) is 61.5. The van der Waals surface area contributed by atoms with E-state index in [0.717, 1.165) is 129 Å². The number of hydrogen-bond acceptors (Lipinski definition) is 9. The lowest BCUT2D eigenvalue weighted by Crippen LogP contribution is -3.00. The van der Waals surface area contributed by atoms with E-state index in [1.165, 1.54) is 61.4 Å². The third-order valence-corrected chi connectivity index (χ3v) is 16.7. The number of hydrogen-bond donors (Lipinski definition) is 2. The van der Waals surface area contributed by atoms with Crippen LogP contribution in [-0.2, 0) is 41.3 Å². The summed E-state index contributed by atoms with van der Waals surface area (Å²) in [5.74, 6) is -0.683. The van der Waals surface area contributed by atoms with Crippen LogP contribution in [0.5, 0.6) is 28.7 Å². The number of aryl methyl sites for hydroxylation is 6. The summed E-state index contributed by atoms with van der Waals surface area (Å²) in [6.07, 6.45) is 16.1. The van der Waals surface area contributed by atoms with Crippen LogP contribution in [0.4, 0.5) is 8.78 Å². The monoisotopic (exact) mass is 1240 g/mol. The standard InChI is InChI=1S/C40H40F2O5.C17H16O2.C8H7ClO.C4H8O.HI/c1-3-4-5-6-7-8-23-45-33-18-17-30(25-32(33)42)39(44)47-35-14-10-12-28-20-22-40(37(28)35)21-19-27-11-9-13-34(36(27)40)46-38(43)29-16-15-26(2)31(41)24-29;18-13-5-1-3-11-7-9-17(15(11)13)10-8-12-4-2-6-14(19)16(12)17;1-6-2-4-7(5-3-6)8(9)10;1-2-4-5-3-1;/h9-18,24-25H,3-8,19-23H2,1-2H3;1-6,18-19H,7-10H2;2-5H,1H3;1-4H2;1H/p-1/t40-;;;;/m1..../s1. The fourth-order valence-corrected chi connectivity index (χ4v) is 12.6. The molecule has 0 unspecified atom stereocenters. The van der Waals surface area contributed by atoms with Crippen LogP contribution in [0.15, 0.2) is 133 Å². The second-order valence-corrected chi connectivity index (χ2v) is 22.2. The Morgan fingerprint density at radius 3 is 1.44 bits per heavy atom. The molecule has 0 bridgehead atoms. The number of phenols is 2. The number of phenolic OH excluding ortho intramolecular Hbond substituents is 2. The third-order valence-electron chi connectivity index (χ3n) is 16.5. The molecular weight excluding hydrogens is 1170 g/mol. The Bertz CT molecular complexity index is 3320. The summed E-state index contributed by atoms with van der Waals surface area (Å²) >= 11 is 5.22. The number of carbonyl (C=O) groups is 3. The van der Waals surface area contributed by atoms with Gasteiger partial charge in [-0.3, -0.25) is 4.79 Å². The lowest BCUT2D eigenvalue weighted by Gasteiger charge is -2.29. The smallest absolute Gasteiger partial charge is 0.343 e. The van der Waals surface area contributed by atoms with Crippen molar-refractivity contribution in [3.63, 3.8) is 0 Å². The van der Waals surface area contributed by atoms with Crippen molar-refractivity contribution in [2.45, 2.75) is 134 Å². The van der Waals surface area contributed by atoms with Gasteiger partial charge in [-0.1, -0.05) is 111 Å². The fraction of sp³-hybridized carbons (Fsp3) is 0.348. The van der Waals surface area contributed by atoms with Gasteiger partial charge < -0.3 is 53.1 Å². The van der Waals surface area contributed by atoms with E-state index in [0.29, 0.717) is 40.7 Å². The summed E-state index contributed by atoms with van der Waals surface area (Å²) in [5, 5.41) is 20.2. The molecule has 13 heteroatoms. The number of aromatic hydroxyl groups is 2. The summed E-state index contributed by atoms with van der Waals surface area (Å²) in [4.78, 5) is 37.1. The molecule has 5 aliphatic rings. The Morgan fingerprint density at radius 2 is 0.976 bits per heavy atom. The van der Waals surface area contributed by atoms with Gasteiger partial charge in [-0.05, 0) is 191 Å². The molecule has 7 aromatic rings. The molecule has 430 valence electrons. The summed E-state index contributed by atoms with van der Waals surface area (Å²) in [5.41, 5.74) is 10.1. The molecule has 1 atom stereocenters. The number of benzene rings is 7. The molecule has 1 aliphatic heterocycles. The van der Waals surface area contributed by atoms with Crippen molar-refractivity contribution >= 4 is 28.8 Å². The molecule has 0 radical (unpaired) electrons. The van der Waals surface area contributed by atoms with Gasteiger partial charge in [0.1, 0.15) is 28.8 Å². The van der Waals surface area contributed by atoms with E-state index >= 15 is 0 Å². The number of ether oxygens (including phenoxy) is 4. The van der Waals surface area contributed by atoms with Gasteiger partial charge in [0.2, 0.25) is 0 Å². The van der Waals surface area contributed by atoms with Crippen LogP contribution in [0.3, 0.4) is 0 Å². The Kier molecular flexibility index (Phi) is 21.1. The van der Waals surface area contributed by atoms with Crippen LogP contribution < -0.4 is 38.2 Å². The quantitative estimate of drug-likeness (QED) is 0.0381. The number of unbranched alkanes of at least 4 members (excludes halogenated alkanes) is 5. The molecule has 0 saturated carbocycles. The van der Waals surface area contributed by atoms with E-state index in [1.54, 1.807) is 55.5 Å². The molecule has 12 rings (SSSR count). The lowest BCUT2D eigenvalue weighted by molar-refractivity contribution is -0.0000517. The van der Waals surface area contributed by atoms with Gasteiger partial charge in [-0.25, -0.2) is 18.4 Å². The second kappa shape index (κ2) is 28.1. The van der Waals surface area contributed by atoms with Crippen molar-refractivity contribution in [2.24, 2.45) is 0 Å². The fourth-order valence-electron chi connectivity index (χ4n) is 12.5.